The maximum absolute atomic E-state index is 12.8. The third-order valence-electron chi connectivity index (χ3n) is 5.75. The van der Waals surface area contributed by atoms with Crippen molar-refractivity contribution in [1.82, 2.24) is 19.7 Å². The van der Waals surface area contributed by atoms with Gasteiger partial charge in [0.1, 0.15) is 5.82 Å². The molecule has 3 N–H and O–H groups in total. The van der Waals surface area contributed by atoms with Crippen LogP contribution in [0.5, 0.6) is 0 Å². The van der Waals surface area contributed by atoms with E-state index in [1.807, 2.05) is 4.90 Å². The number of likely N-dealkylation sites (tertiary alicyclic amines) is 1. The molecule has 2 saturated heterocycles. The van der Waals surface area contributed by atoms with Crippen molar-refractivity contribution in [1.29, 1.82) is 0 Å². The predicted octanol–water partition coefficient (Wildman–Crippen LogP) is 0.514. The summed E-state index contributed by atoms with van der Waals surface area (Å²) in [7, 11) is 2.17. The molecule has 3 rings (SSSR count). The summed E-state index contributed by atoms with van der Waals surface area (Å²) in [6.45, 7) is 6.11. The molecule has 0 bridgehead atoms. The monoisotopic (exact) mass is 361 g/mol. The van der Waals surface area contributed by atoms with Crippen LogP contribution in [-0.4, -0.2) is 89.7 Å². The molecule has 2 atom stereocenters. The van der Waals surface area contributed by atoms with Crippen LogP contribution in [0.25, 0.3) is 0 Å². The number of likely N-dealkylation sites (N-methyl/N-ethyl adjacent to an activating group) is 1. The quantitative estimate of drug-likeness (QED) is 0.795. The highest BCUT2D eigenvalue weighted by Gasteiger charge is 2.35. The number of aliphatic hydroxyl groups is 1. The van der Waals surface area contributed by atoms with Gasteiger partial charge in [-0.25, -0.2) is 4.98 Å². The summed E-state index contributed by atoms with van der Waals surface area (Å²) in [5.74, 6) is 0.865. The Bertz CT molecular complexity index is 586. The average Bonchev–Trinajstić information content (AvgIpc) is 2.67. The first kappa shape index (κ1) is 19.1. The second-order valence-electron chi connectivity index (χ2n) is 7.54. The van der Waals surface area contributed by atoms with Gasteiger partial charge in [-0.2, -0.15) is 0 Å². The van der Waals surface area contributed by atoms with Gasteiger partial charge in [0, 0.05) is 58.1 Å². The van der Waals surface area contributed by atoms with Gasteiger partial charge in [-0.05, 0) is 44.4 Å². The number of carbonyl (C=O) groups excluding carboxylic acids is 1. The Morgan fingerprint density at radius 1 is 1.27 bits per heavy atom. The van der Waals surface area contributed by atoms with E-state index in [2.05, 4.69) is 21.8 Å². The first-order valence-corrected chi connectivity index (χ1v) is 9.62. The van der Waals surface area contributed by atoms with Gasteiger partial charge in [0.05, 0.1) is 5.56 Å². The number of anilines is 1. The molecule has 2 aliphatic rings. The summed E-state index contributed by atoms with van der Waals surface area (Å²) < 4.78 is 0. The summed E-state index contributed by atoms with van der Waals surface area (Å²) >= 11 is 0. The largest absolute Gasteiger partial charge is 0.396 e. The number of hydrogen-bond donors (Lipinski definition) is 2. The fraction of sp³-hybridized carbons (Fsp3) is 0.684. The molecule has 0 aliphatic carbocycles. The zero-order valence-electron chi connectivity index (χ0n) is 15.7. The summed E-state index contributed by atoms with van der Waals surface area (Å²) in [5.41, 5.74) is 6.22. The summed E-state index contributed by atoms with van der Waals surface area (Å²) in [6, 6.07) is 3.93. The molecule has 144 valence electrons. The molecule has 0 aromatic carbocycles. The van der Waals surface area contributed by atoms with Crippen molar-refractivity contribution in [2.45, 2.75) is 25.3 Å². The molecule has 2 fully saturated rings. The van der Waals surface area contributed by atoms with Crippen LogP contribution in [0, 0.1) is 5.92 Å². The van der Waals surface area contributed by atoms with Crippen LogP contribution >= 0.6 is 0 Å². The van der Waals surface area contributed by atoms with Gasteiger partial charge in [0.2, 0.25) is 0 Å². The number of pyridine rings is 1. The minimum Gasteiger partial charge on any atom is -0.396 e. The minimum absolute atomic E-state index is 0.0309. The van der Waals surface area contributed by atoms with Crippen molar-refractivity contribution < 1.29 is 9.90 Å². The molecule has 1 amide bonds. The summed E-state index contributed by atoms with van der Waals surface area (Å²) in [4.78, 5) is 23.8. The number of carbonyl (C=O) groups is 1. The number of nitrogens with two attached hydrogens (primary N) is 1. The molecule has 1 aromatic rings. The van der Waals surface area contributed by atoms with E-state index in [1.165, 1.54) is 0 Å². The van der Waals surface area contributed by atoms with E-state index >= 15 is 0 Å². The van der Waals surface area contributed by atoms with Crippen LogP contribution in [0.2, 0.25) is 0 Å². The first-order chi connectivity index (χ1) is 12.6. The lowest BCUT2D eigenvalue weighted by Crippen LogP contribution is -2.56. The van der Waals surface area contributed by atoms with Crippen LogP contribution in [0.15, 0.2) is 18.3 Å². The Hall–Kier alpha value is -1.70. The van der Waals surface area contributed by atoms with E-state index in [4.69, 9.17) is 5.73 Å². The Morgan fingerprint density at radius 3 is 2.69 bits per heavy atom. The van der Waals surface area contributed by atoms with Gasteiger partial charge in [-0.1, -0.05) is 0 Å². The highest BCUT2D eigenvalue weighted by molar-refractivity contribution is 5.94. The van der Waals surface area contributed by atoms with Crippen molar-refractivity contribution >= 4 is 11.7 Å². The van der Waals surface area contributed by atoms with Crippen molar-refractivity contribution in [2.24, 2.45) is 5.92 Å². The molecule has 26 heavy (non-hydrogen) atoms. The zero-order valence-corrected chi connectivity index (χ0v) is 15.7. The summed E-state index contributed by atoms with van der Waals surface area (Å²) in [6.07, 6.45) is 4.30. The van der Waals surface area contributed by atoms with Gasteiger partial charge in [0.15, 0.2) is 0 Å². The number of nitrogen functional groups attached to an aromatic ring is 1. The molecule has 2 aliphatic heterocycles. The van der Waals surface area contributed by atoms with Crippen LogP contribution < -0.4 is 5.73 Å². The zero-order chi connectivity index (χ0) is 18.5. The fourth-order valence-electron chi connectivity index (χ4n) is 4.19. The van der Waals surface area contributed by atoms with Gasteiger partial charge >= 0.3 is 0 Å². The lowest BCUT2D eigenvalue weighted by atomic mass is 9.86. The Balaban J connectivity index is 1.66. The smallest absolute Gasteiger partial charge is 0.255 e. The molecular weight excluding hydrogens is 330 g/mol. The van der Waals surface area contributed by atoms with E-state index in [9.17, 15) is 9.90 Å². The number of rotatable bonds is 5. The molecular formula is C19H31N5O2. The Labute approximate surface area is 155 Å². The van der Waals surface area contributed by atoms with Gasteiger partial charge in [-0.15, -0.1) is 0 Å². The number of amides is 1. The SMILES string of the molecule is CN1CCN([C@@H]2CCN(C(=O)c3ccc(N)nc3)C[C@@H]2CCCO)CC1. The van der Waals surface area contributed by atoms with Crippen molar-refractivity contribution in [2.75, 3.05) is 58.7 Å². The lowest BCUT2D eigenvalue weighted by molar-refractivity contribution is 0.0217. The molecule has 0 unspecified atom stereocenters. The van der Waals surface area contributed by atoms with Gasteiger partial charge in [0.25, 0.3) is 5.91 Å². The standard InChI is InChI=1S/C19H31N5O2/c1-22-8-10-23(11-9-22)17-6-7-24(14-16(17)3-2-12-25)19(26)15-4-5-18(20)21-13-15/h4-5,13,16-17,25H,2-3,6-12,14H2,1H3,(H2,20,21)/t16-,17+/m0/s1. The first-order valence-electron chi connectivity index (χ1n) is 9.62. The molecule has 7 heteroatoms. The van der Waals surface area contributed by atoms with Crippen LogP contribution in [-0.2, 0) is 0 Å². The molecule has 1 aromatic heterocycles. The van der Waals surface area contributed by atoms with Crippen molar-refractivity contribution in [3.63, 3.8) is 0 Å². The lowest BCUT2D eigenvalue weighted by Gasteiger charge is -2.46. The maximum Gasteiger partial charge on any atom is 0.255 e. The topological polar surface area (TPSA) is 85.9 Å². The molecule has 0 saturated carbocycles. The fourth-order valence-corrected chi connectivity index (χ4v) is 4.19. The Kier molecular flexibility index (Phi) is 6.45. The van der Waals surface area contributed by atoms with Crippen LogP contribution in [0.4, 0.5) is 5.82 Å². The van der Waals surface area contributed by atoms with E-state index in [0.717, 1.165) is 58.5 Å². The van der Waals surface area contributed by atoms with E-state index in [1.54, 1.807) is 18.3 Å². The number of aliphatic hydroxyl groups excluding tert-OH is 1. The normalized spacial score (nSPS) is 25.4. The van der Waals surface area contributed by atoms with E-state index < -0.39 is 0 Å². The predicted molar refractivity (Wildman–Crippen MR) is 102 cm³/mol. The third-order valence-corrected chi connectivity index (χ3v) is 5.75. The van der Waals surface area contributed by atoms with Crippen LogP contribution in [0.3, 0.4) is 0 Å². The number of piperidine rings is 1. The average molecular weight is 361 g/mol. The molecule has 3 heterocycles. The Morgan fingerprint density at radius 2 is 2.04 bits per heavy atom. The van der Waals surface area contributed by atoms with E-state index in [0.29, 0.717) is 23.3 Å². The van der Waals surface area contributed by atoms with E-state index in [-0.39, 0.29) is 12.5 Å². The maximum atomic E-state index is 12.8. The minimum atomic E-state index is 0.0309. The summed E-state index contributed by atoms with van der Waals surface area (Å²) in [5, 5.41) is 9.29. The van der Waals surface area contributed by atoms with Gasteiger partial charge in [-0.3, -0.25) is 9.69 Å². The van der Waals surface area contributed by atoms with Gasteiger partial charge < -0.3 is 20.6 Å². The number of aromatic nitrogens is 1. The molecule has 7 nitrogen and oxygen atoms in total. The number of piperazine rings is 1. The van der Waals surface area contributed by atoms with Crippen molar-refractivity contribution in [3.8, 4) is 0 Å². The highest BCUT2D eigenvalue weighted by Crippen LogP contribution is 2.28. The van der Waals surface area contributed by atoms with Crippen molar-refractivity contribution in [3.05, 3.63) is 23.9 Å². The number of hydrogen-bond acceptors (Lipinski definition) is 6. The highest BCUT2D eigenvalue weighted by atomic mass is 16.3. The molecule has 0 radical (unpaired) electrons. The number of nitrogens with zero attached hydrogens (tertiary/aromatic N) is 4. The second-order valence-corrected chi connectivity index (χ2v) is 7.54. The third kappa shape index (κ3) is 4.52. The second kappa shape index (κ2) is 8.79. The molecule has 0 spiro atoms. The van der Waals surface area contributed by atoms with Crippen LogP contribution in [0.1, 0.15) is 29.6 Å².